The largest absolute Gasteiger partial charge is 0.384 e. The van der Waals surface area contributed by atoms with Crippen molar-refractivity contribution >= 4 is 21.7 Å². The van der Waals surface area contributed by atoms with Crippen molar-refractivity contribution in [3.8, 4) is 6.07 Å². The Hall–Kier alpha value is -1.22. The Morgan fingerprint density at radius 3 is 2.79 bits per heavy atom. The van der Waals surface area contributed by atoms with Gasteiger partial charge in [0, 0.05) is 0 Å². The molecule has 0 saturated carbocycles. The predicted octanol–water partition coefficient (Wildman–Crippen LogP) is 2.43. The van der Waals surface area contributed by atoms with E-state index in [9.17, 15) is 8.78 Å². The lowest BCUT2D eigenvalue weighted by Crippen LogP contribution is -2.01. The molecule has 0 aliphatic rings. The molecule has 0 spiro atoms. The molecule has 2 N–H and O–H groups in total. The van der Waals surface area contributed by atoms with Gasteiger partial charge < -0.3 is 5.73 Å². The van der Waals surface area contributed by atoms with Crippen LogP contribution >= 0.6 is 15.9 Å². The maximum Gasteiger partial charge on any atom is 0.266 e. The smallest absolute Gasteiger partial charge is 0.266 e. The zero-order valence-corrected chi connectivity index (χ0v) is 8.55. The zero-order chi connectivity index (χ0) is 10.7. The number of pyridine rings is 1. The van der Waals surface area contributed by atoms with Gasteiger partial charge in [0.05, 0.1) is 18.1 Å². The summed E-state index contributed by atoms with van der Waals surface area (Å²) in [6, 6.07) is 3.08. The minimum absolute atomic E-state index is 0.00208. The Bertz CT molecular complexity index is 387. The molecule has 0 bridgehead atoms. The number of anilines is 1. The molecular weight excluding hydrogens is 256 g/mol. The number of nitrogens with zero attached hydrogens (tertiary/aromatic N) is 2. The van der Waals surface area contributed by atoms with Crippen LogP contribution < -0.4 is 5.73 Å². The van der Waals surface area contributed by atoms with Crippen LogP contribution in [0.15, 0.2) is 10.7 Å². The number of nitrogens with two attached hydrogens (primary N) is 1. The minimum Gasteiger partial charge on any atom is -0.384 e. The number of hydrogen-bond acceptors (Lipinski definition) is 3. The number of halogens is 3. The minimum atomic E-state index is -2.67. The lowest BCUT2D eigenvalue weighted by Gasteiger charge is -2.08. The van der Waals surface area contributed by atoms with Gasteiger partial charge in [0.25, 0.3) is 6.43 Å². The van der Waals surface area contributed by atoms with Gasteiger partial charge in [-0.1, -0.05) is 0 Å². The Balaban J connectivity index is 3.30. The van der Waals surface area contributed by atoms with Gasteiger partial charge in [-0.2, -0.15) is 5.26 Å². The quantitative estimate of drug-likeness (QED) is 0.832. The van der Waals surface area contributed by atoms with Crippen LogP contribution in [0.25, 0.3) is 0 Å². The second-order valence-electron chi connectivity index (χ2n) is 2.55. The van der Waals surface area contributed by atoms with Crippen molar-refractivity contribution in [3.05, 3.63) is 21.8 Å². The van der Waals surface area contributed by atoms with E-state index in [-0.39, 0.29) is 28.0 Å². The van der Waals surface area contributed by atoms with Crippen LogP contribution in [-0.2, 0) is 6.42 Å². The standard InChI is InChI=1S/C8H6BrF2N3/c9-7-6(8(10)11)4(1-2-12)3-5(13)14-7/h3,8H,1H2,(H2,13,14). The third kappa shape index (κ3) is 2.17. The molecule has 1 rings (SSSR count). The van der Waals surface area contributed by atoms with Crippen molar-refractivity contribution in [3.63, 3.8) is 0 Å². The molecule has 1 aromatic rings. The number of alkyl halides is 2. The van der Waals surface area contributed by atoms with Crippen molar-refractivity contribution in [2.75, 3.05) is 5.73 Å². The molecule has 74 valence electrons. The molecule has 0 radical (unpaired) electrons. The first-order valence-electron chi connectivity index (χ1n) is 3.66. The molecule has 1 aromatic heterocycles. The fourth-order valence-electron chi connectivity index (χ4n) is 1.06. The van der Waals surface area contributed by atoms with E-state index in [2.05, 4.69) is 20.9 Å². The molecule has 14 heavy (non-hydrogen) atoms. The highest BCUT2D eigenvalue weighted by molar-refractivity contribution is 9.10. The summed E-state index contributed by atoms with van der Waals surface area (Å²) in [5, 5.41) is 8.44. The van der Waals surface area contributed by atoms with E-state index < -0.39 is 6.43 Å². The molecule has 1 heterocycles. The number of nitriles is 1. The third-order valence-corrected chi connectivity index (χ3v) is 2.21. The van der Waals surface area contributed by atoms with Crippen molar-refractivity contribution in [1.82, 2.24) is 4.98 Å². The number of rotatable bonds is 2. The Morgan fingerprint density at radius 2 is 2.29 bits per heavy atom. The van der Waals surface area contributed by atoms with Crippen molar-refractivity contribution in [2.24, 2.45) is 0 Å². The Morgan fingerprint density at radius 1 is 1.64 bits per heavy atom. The topological polar surface area (TPSA) is 62.7 Å². The van der Waals surface area contributed by atoms with Crippen LogP contribution in [0, 0.1) is 11.3 Å². The lowest BCUT2D eigenvalue weighted by atomic mass is 10.1. The van der Waals surface area contributed by atoms with Crippen LogP contribution in [-0.4, -0.2) is 4.98 Å². The van der Waals surface area contributed by atoms with E-state index in [0.29, 0.717) is 0 Å². The molecule has 0 saturated heterocycles. The summed E-state index contributed by atoms with van der Waals surface area (Å²) < 4.78 is 25.0. The fourth-order valence-corrected chi connectivity index (χ4v) is 1.69. The zero-order valence-electron chi connectivity index (χ0n) is 6.97. The Kier molecular flexibility index (Phi) is 3.36. The van der Waals surface area contributed by atoms with Gasteiger partial charge in [-0.25, -0.2) is 13.8 Å². The summed E-state index contributed by atoms with van der Waals surface area (Å²) in [6.45, 7) is 0. The molecular formula is C8H6BrF2N3. The molecule has 0 aromatic carbocycles. The van der Waals surface area contributed by atoms with Crippen LogP contribution in [0.2, 0.25) is 0 Å². The highest BCUT2D eigenvalue weighted by Crippen LogP contribution is 2.30. The molecule has 0 aliphatic heterocycles. The first kappa shape index (κ1) is 10.9. The summed E-state index contributed by atoms with van der Waals surface area (Å²) in [7, 11) is 0. The molecule has 0 fully saturated rings. The van der Waals surface area contributed by atoms with Gasteiger partial charge in [0.1, 0.15) is 10.4 Å². The lowest BCUT2D eigenvalue weighted by molar-refractivity contribution is 0.149. The fraction of sp³-hybridized carbons (Fsp3) is 0.250. The second-order valence-corrected chi connectivity index (χ2v) is 3.30. The molecule has 6 heteroatoms. The molecule has 0 unspecified atom stereocenters. The molecule has 3 nitrogen and oxygen atoms in total. The molecule has 0 aliphatic carbocycles. The summed E-state index contributed by atoms with van der Waals surface area (Å²) in [5.41, 5.74) is 5.31. The van der Waals surface area contributed by atoms with E-state index >= 15 is 0 Å². The summed E-state index contributed by atoms with van der Waals surface area (Å²) in [6.07, 6.45) is -2.77. The molecule has 0 amide bonds. The highest BCUT2D eigenvalue weighted by atomic mass is 79.9. The van der Waals surface area contributed by atoms with Gasteiger partial charge in [0.2, 0.25) is 0 Å². The average molecular weight is 262 g/mol. The van der Waals surface area contributed by atoms with Gasteiger partial charge >= 0.3 is 0 Å². The maximum absolute atomic E-state index is 12.5. The van der Waals surface area contributed by atoms with E-state index in [0.717, 1.165) is 0 Å². The second kappa shape index (κ2) is 4.33. The van der Waals surface area contributed by atoms with Gasteiger partial charge in [-0.15, -0.1) is 0 Å². The monoisotopic (exact) mass is 261 g/mol. The van der Waals surface area contributed by atoms with E-state index in [4.69, 9.17) is 11.0 Å². The number of nitrogen functional groups attached to an aromatic ring is 1. The normalized spacial score (nSPS) is 10.2. The van der Waals surface area contributed by atoms with E-state index in [1.54, 1.807) is 6.07 Å². The maximum atomic E-state index is 12.5. The highest BCUT2D eigenvalue weighted by Gasteiger charge is 2.18. The van der Waals surface area contributed by atoms with Crippen molar-refractivity contribution in [1.29, 1.82) is 5.26 Å². The summed E-state index contributed by atoms with van der Waals surface area (Å²) >= 11 is 2.89. The first-order chi connectivity index (χ1) is 6.56. The van der Waals surface area contributed by atoms with Crippen LogP contribution in [0.1, 0.15) is 17.6 Å². The van der Waals surface area contributed by atoms with Crippen LogP contribution in [0.4, 0.5) is 14.6 Å². The van der Waals surface area contributed by atoms with Crippen molar-refractivity contribution in [2.45, 2.75) is 12.8 Å². The van der Waals surface area contributed by atoms with Crippen molar-refractivity contribution < 1.29 is 8.78 Å². The number of aromatic nitrogens is 1. The van der Waals surface area contributed by atoms with Gasteiger partial charge in [-0.3, -0.25) is 0 Å². The van der Waals surface area contributed by atoms with E-state index in [1.165, 1.54) is 6.07 Å². The van der Waals surface area contributed by atoms with Crippen LogP contribution in [0.5, 0.6) is 0 Å². The Labute approximate surface area is 87.7 Å². The third-order valence-electron chi connectivity index (χ3n) is 1.61. The molecule has 0 atom stereocenters. The van der Waals surface area contributed by atoms with Gasteiger partial charge in [-0.05, 0) is 27.6 Å². The first-order valence-corrected chi connectivity index (χ1v) is 4.45. The predicted molar refractivity (Wildman–Crippen MR) is 50.6 cm³/mol. The summed E-state index contributed by atoms with van der Waals surface area (Å²) in [5.74, 6) is 0.117. The number of hydrogen-bond donors (Lipinski definition) is 1. The summed E-state index contributed by atoms with van der Waals surface area (Å²) in [4.78, 5) is 3.64. The van der Waals surface area contributed by atoms with Gasteiger partial charge in [0.15, 0.2) is 0 Å². The SMILES string of the molecule is N#CCc1cc(N)nc(Br)c1C(F)F. The van der Waals surface area contributed by atoms with Crippen LogP contribution in [0.3, 0.4) is 0 Å². The average Bonchev–Trinajstić information content (AvgIpc) is 2.01. The van der Waals surface area contributed by atoms with E-state index in [1.807, 2.05) is 0 Å².